The van der Waals surface area contributed by atoms with E-state index in [1.807, 2.05) is 0 Å². The molecule has 1 fully saturated rings. The molecule has 1 N–H and O–H groups in total. The SMILES string of the molecule is CNC1CCCCCCC1OCCCOC. The summed E-state index contributed by atoms with van der Waals surface area (Å²) in [7, 11) is 3.80. The van der Waals surface area contributed by atoms with Gasteiger partial charge in [-0.05, 0) is 26.3 Å². The quantitative estimate of drug-likeness (QED) is 0.709. The van der Waals surface area contributed by atoms with Crippen LogP contribution in [0.4, 0.5) is 0 Å². The van der Waals surface area contributed by atoms with Crippen molar-refractivity contribution in [2.45, 2.75) is 57.1 Å². The van der Waals surface area contributed by atoms with E-state index >= 15 is 0 Å². The molecule has 2 unspecified atom stereocenters. The molecule has 0 spiro atoms. The maximum atomic E-state index is 5.98. The minimum absolute atomic E-state index is 0.405. The molecule has 0 heterocycles. The van der Waals surface area contributed by atoms with E-state index in [0.29, 0.717) is 12.1 Å². The lowest BCUT2D eigenvalue weighted by Gasteiger charge is -2.29. The Morgan fingerprint density at radius 2 is 1.81 bits per heavy atom. The van der Waals surface area contributed by atoms with Crippen LogP contribution in [0.25, 0.3) is 0 Å². The summed E-state index contributed by atoms with van der Waals surface area (Å²) < 4.78 is 11.0. The third-order valence-electron chi connectivity index (χ3n) is 3.40. The van der Waals surface area contributed by atoms with Crippen LogP contribution in [0.2, 0.25) is 0 Å². The van der Waals surface area contributed by atoms with Gasteiger partial charge in [-0.15, -0.1) is 0 Å². The van der Waals surface area contributed by atoms with Gasteiger partial charge in [-0.2, -0.15) is 0 Å². The summed E-state index contributed by atoms with van der Waals surface area (Å²) in [6.45, 7) is 1.63. The van der Waals surface area contributed by atoms with Crippen LogP contribution in [0.5, 0.6) is 0 Å². The molecular weight excluding hydrogens is 202 g/mol. The Kier molecular flexibility index (Phi) is 7.81. The molecule has 1 aliphatic carbocycles. The first kappa shape index (κ1) is 13.9. The minimum atomic E-state index is 0.405. The molecule has 0 aromatic rings. The number of rotatable bonds is 6. The number of hydrogen-bond donors (Lipinski definition) is 1. The van der Waals surface area contributed by atoms with Gasteiger partial charge in [0.1, 0.15) is 0 Å². The number of likely N-dealkylation sites (N-methyl/N-ethyl adjacent to an activating group) is 1. The smallest absolute Gasteiger partial charge is 0.0727 e. The van der Waals surface area contributed by atoms with Crippen LogP contribution in [0.3, 0.4) is 0 Å². The van der Waals surface area contributed by atoms with Gasteiger partial charge in [0, 0.05) is 26.4 Å². The Labute approximate surface area is 99.9 Å². The van der Waals surface area contributed by atoms with E-state index < -0.39 is 0 Å². The topological polar surface area (TPSA) is 30.5 Å². The van der Waals surface area contributed by atoms with Crippen LogP contribution in [-0.4, -0.2) is 39.5 Å². The van der Waals surface area contributed by atoms with Crippen LogP contribution < -0.4 is 5.32 Å². The fourth-order valence-electron chi connectivity index (χ4n) is 2.42. The van der Waals surface area contributed by atoms with Crippen molar-refractivity contribution in [3.8, 4) is 0 Å². The highest BCUT2D eigenvalue weighted by Crippen LogP contribution is 2.20. The first-order valence-electron chi connectivity index (χ1n) is 6.66. The van der Waals surface area contributed by atoms with Crippen molar-refractivity contribution in [1.29, 1.82) is 0 Å². The predicted molar refractivity (Wildman–Crippen MR) is 66.8 cm³/mol. The van der Waals surface area contributed by atoms with Crippen molar-refractivity contribution in [2.75, 3.05) is 27.4 Å². The molecule has 96 valence electrons. The molecule has 0 aliphatic heterocycles. The van der Waals surface area contributed by atoms with Gasteiger partial charge < -0.3 is 14.8 Å². The maximum Gasteiger partial charge on any atom is 0.0727 e. The van der Waals surface area contributed by atoms with Crippen molar-refractivity contribution in [3.05, 3.63) is 0 Å². The third kappa shape index (κ3) is 5.28. The van der Waals surface area contributed by atoms with Crippen LogP contribution in [0.1, 0.15) is 44.9 Å². The maximum absolute atomic E-state index is 5.98. The molecule has 3 heteroatoms. The molecule has 0 bridgehead atoms. The minimum Gasteiger partial charge on any atom is -0.385 e. The van der Waals surface area contributed by atoms with Crippen molar-refractivity contribution < 1.29 is 9.47 Å². The predicted octanol–water partition coefficient (Wildman–Crippen LogP) is 2.35. The van der Waals surface area contributed by atoms with Gasteiger partial charge in [-0.3, -0.25) is 0 Å². The van der Waals surface area contributed by atoms with Gasteiger partial charge in [0.25, 0.3) is 0 Å². The van der Waals surface area contributed by atoms with E-state index in [1.165, 1.54) is 38.5 Å². The molecule has 16 heavy (non-hydrogen) atoms. The molecule has 1 saturated carbocycles. The van der Waals surface area contributed by atoms with Crippen LogP contribution in [0.15, 0.2) is 0 Å². The highest BCUT2D eigenvalue weighted by molar-refractivity contribution is 4.78. The molecule has 1 rings (SSSR count). The molecule has 1 aliphatic rings. The molecular formula is C13H27NO2. The molecule has 2 atom stereocenters. The van der Waals surface area contributed by atoms with Crippen LogP contribution >= 0.6 is 0 Å². The summed E-state index contributed by atoms with van der Waals surface area (Å²) in [5, 5.41) is 3.41. The molecule has 3 nitrogen and oxygen atoms in total. The lowest BCUT2D eigenvalue weighted by Crippen LogP contribution is -2.40. The van der Waals surface area contributed by atoms with Gasteiger partial charge in [-0.1, -0.05) is 25.7 Å². The van der Waals surface area contributed by atoms with E-state index in [4.69, 9.17) is 9.47 Å². The van der Waals surface area contributed by atoms with Crippen molar-refractivity contribution >= 4 is 0 Å². The molecule has 0 aromatic carbocycles. The second kappa shape index (κ2) is 8.97. The number of ether oxygens (including phenoxy) is 2. The first-order valence-corrected chi connectivity index (χ1v) is 6.66. The largest absolute Gasteiger partial charge is 0.385 e. The fourth-order valence-corrected chi connectivity index (χ4v) is 2.42. The van der Waals surface area contributed by atoms with E-state index in [2.05, 4.69) is 12.4 Å². The van der Waals surface area contributed by atoms with E-state index in [1.54, 1.807) is 7.11 Å². The van der Waals surface area contributed by atoms with Gasteiger partial charge in [0.05, 0.1) is 6.10 Å². The average molecular weight is 229 g/mol. The van der Waals surface area contributed by atoms with E-state index in [0.717, 1.165) is 19.6 Å². The lowest BCUT2D eigenvalue weighted by atomic mass is 9.94. The zero-order chi connectivity index (χ0) is 11.6. The first-order chi connectivity index (χ1) is 7.88. The molecule has 0 saturated heterocycles. The average Bonchev–Trinajstić information content (AvgIpc) is 2.27. The number of nitrogens with one attached hydrogen (secondary N) is 1. The van der Waals surface area contributed by atoms with E-state index in [9.17, 15) is 0 Å². The summed E-state index contributed by atoms with van der Waals surface area (Å²) >= 11 is 0. The standard InChI is InChI=1S/C13H27NO2/c1-14-12-8-5-3-4-6-9-13(12)16-11-7-10-15-2/h12-14H,3-11H2,1-2H3. The third-order valence-corrected chi connectivity index (χ3v) is 3.40. The summed E-state index contributed by atoms with van der Waals surface area (Å²) in [6, 6.07) is 0.544. The number of methoxy groups -OCH3 is 1. The van der Waals surface area contributed by atoms with Crippen LogP contribution in [-0.2, 0) is 9.47 Å². The fraction of sp³-hybridized carbons (Fsp3) is 1.00. The van der Waals surface area contributed by atoms with Gasteiger partial charge in [0.15, 0.2) is 0 Å². The Bertz CT molecular complexity index is 164. The van der Waals surface area contributed by atoms with Gasteiger partial charge in [-0.25, -0.2) is 0 Å². The van der Waals surface area contributed by atoms with Gasteiger partial charge in [0.2, 0.25) is 0 Å². The lowest BCUT2D eigenvalue weighted by molar-refractivity contribution is 0.00648. The second-order valence-electron chi connectivity index (χ2n) is 4.64. The number of hydrogen-bond acceptors (Lipinski definition) is 3. The summed E-state index contributed by atoms with van der Waals surface area (Å²) in [5.41, 5.74) is 0. The molecule has 0 radical (unpaired) electrons. The Hall–Kier alpha value is -0.120. The Morgan fingerprint density at radius 1 is 1.06 bits per heavy atom. The monoisotopic (exact) mass is 229 g/mol. The zero-order valence-electron chi connectivity index (χ0n) is 10.8. The van der Waals surface area contributed by atoms with Crippen molar-refractivity contribution in [2.24, 2.45) is 0 Å². The normalized spacial score (nSPS) is 27.4. The molecule has 0 aromatic heterocycles. The summed E-state index contributed by atoms with van der Waals surface area (Å²) in [4.78, 5) is 0. The van der Waals surface area contributed by atoms with E-state index in [-0.39, 0.29) is 0 Å². The van der Waals surface area contributed by atoms with Gasteiger partial charge >= 0.3 is 0 Å². The summed E-state index contributed by atoms with van der Waals surface area (Å²) in [6.07, 6.45) is 9.27. The zero-order valence-corrected chi connectivity index (χ0v) is 10.8. The molecule has 0 amide bonds. The van der Waals surface area contributed by atoms with Crippen molar-refractivity contribution in [1.82, 2.24) is 5.32 Å². The second-order valence-corrected chi connectivity index (χ2v) is 4.64. The highest BCUT2D eigenvalue weighted by Gasteiger charge is 2.21. The van der Waals surface area contributed by atoms with Crippen LogP contribution in [0, 0.1) is 0 Å². The Morgan fingerprint density at radius 3 is 2.50 bits per heavy atom. The summed E-state index contributed by atoms with van der Waals surface area (Å²) in [5.74, 6) is 0. The Balaban J connectivity index is 2.26. The highest BCUT2D eigenvalue weighted by atomic mass is 16.5. The van der Waals surface area contributed by atoms with Crippen molar-refractivity contribution in [3.63, 3.8) is 0 Å².